The molecular formula is C23H34N4O2. The number of primary amides is 1. The summed E-state index contributed by atoms with van der Waals surface area (Å²) in [6.45, 7) is 7.76. The predicted molar refractivity (Wildman–Crippen MR) is 114 cm³/mol. The molecular weight excluding hydrogens is 364 g/mol. The molecule has 0 aromatic heterocycles. The number of nitrogens with two attached hydrogens (primary N) is 1. The highest BCUT2D eigenvalue weighted by atomic mass is 16.5. The number of carbonyl (C=O) groups is 1. The van der Waals surface area contributed by atoms with E-state index in [1.165, 1.54) is 19.3 Å². The monoisotopic (exact) mass is 398 g/mol. The number of carbonyl (C=O) groups excluding carboxylic acids is 1. The standard InChI is InChI=1S/C23H34N4O2/c1-2-29-22(23(25)28)20-8-6-18(7-9-20)10-11-26-12-14-27(15-13-26)21-5-3-4-19(16-21)17-24/h3-5,16,18,20,22H,2,6-15H2,1H3,(H2,25,28). The summed E-state index contributed by atoms with van der Waals surface area (Å²) >= 11 is 0. The number of rotatable bonds is 8. The molecule has 0 spiro atoms. The van der Waals surface area contributed by atoms with Crippen molar-refractivity contribution in [3.05, 3.63) is 29.8 Å². The molecule has 0 radical (unpaired) electrons. The van der Waals surface area contributed by atoms with E-state index >= 15 is 0 Å². The highest BCUT2D eigenvalue weighted by Gasteiger charge is 2.31. The zero-order valence-corrected chi connectivity index (χ0v) is 17.6. The molecule has 3 rings (SSSR count). The van der Waals surface area contributed by atoms with Gasteiger partial charge in [-0.15, -0.1) is 0 Å². The lowest BCUT2D eigenvalue weighted by Crippen LogP contribution is -2.47. The minimum absolute atomic E-state index is 0.288. The fourth-order valence-electron chi connectivity index (χ4n) is 4.78. The number of hydrogen-bond acceptors (Lipinski definition) is 5. The fourth-order valence-corrected chi connectivity index (χ4v) is 4.78. The molecule has 0 bridgehead atoms. The van der Waals surface area contributed by atoms with Crippen molar-refractivity contribution < 1.29 is 9.53 Å². The van der Waals surface area contributed by atoms with E-state index in [4.69, 9.17) is 15.7 Å². The molecule has 6 nitrogen and oxygen atoms in total. The number of nitriles is 1. The summed E-state index contributed by atoms with van der Waals surface area (Å²) in [5.41, 5.74) is 7.40. The van der Waals surface area contributed by atoms with Gasteiger partial charge in [-0.25, -0.2) is 0 Å². The zero-order valence-electron chi connectivity index (χ0n) is 17.6. The van der Waals surface area contributed by atoms with Crippen LogP contribution < -0.4 is 10.6 Å². The van der Waals surface area contributed by atoms with Gasteiger partial charge in [-0.1, -0.05) is 18.9 Å². The van der Waals surface area contributed by atoms with Crippen LogP contribution in [0.3, 0.4) is 0 Å². The molecule has 158 valence electrons. The quantitative estimate of drug-likeness (QED) is 0.728. The van der Waals surface area contributed by atoms with Gasteiger partial charge in [-0.2, -0.15) is 5.26 Å². The first-order chi connectivity index (χ1) is 14.1. The molecule has 1 saturated carbocycles. The van der Waals surface area contributed by atoms with Gasteiger partial charge in [0.1, 0.15) is 6.10 Å². The Morgan fingerprint density at radius 2 is 1.97 bits per heavy atom. The highest BCUT2D eigenvalue weighted by molar-refractivity contribution is 5.79. The van der Waals surface area contributed by atoms with Crippen molar-refractivity contribution in [1.82, 2.24) is 4.90 Å². The van der Waals surface area contributed by atoms with E-state index in [1.54, 1.807) is 0 Å². The van der Waals surface area contributed by atoms with Gasteiger partial charge in [-0.3, -0.25) is 9.69 Å². The first-order valence-electron chi connectivity index (χ1n) is 11.0. The van der Waals surface area contributed by atoms with Crippen LogP contribution in [0.5, 0.6) is 0 Å². The lowest BCUT2D eigenvalue weighted by molar-refractivity contribution is -0.134. The molecule has 1 aromatic carbocycles. The SMILES string of the molecule is CCOC(C(N)=O)C1CCC(CCN2CCN(c3cccc(C#N)c3)CC2)CC1. The Bertz CT molecular complexity index is 701. The van der Waals surface area contributed by atoms with Gasteiger partial charge in [0.2, 0.25) is 5.91 Å². The van der Waals surface area contributed by atoms with Crippen LogP contribution in [0.4, 0.5) is 5.69 Å². The Kier molecular flexibility index (Phi) is 7.91. The number of nitrogens with zero attached hydrogens (tertiary/aromatic N) is 3. The normalized spacial score (nSPS) is 24.1. The first-order valence-corrected chi connectivity index (χ1v) is 11.0. The van der Waals surface area contributed by atoms with Crippen LogP contribution in [0.2, 0.25) is 0 Å². The Labute approximate surface area is 174 Å². The van der Waals surface area contributed by atoms with Crippen molar-refractivity contribution in [2.75, 3.05) is 44.2 Å². The van der Waals surface area contributed by atoms with E-state index < -0.39 is 6.10 Å². The highest BCUT2D eigenvalue weighted by Crippen LogP contribution is 2.34. The third-order valence-electron chi connectivity index (χ3n) is 6.51. The van der Waals surface area contributed by atoms with Crippen LogP contribution in [0.1, 0.15) is 44.6 Å². The average molecular weight is 399 g/mol. The molecule has 2 aliphatic rings. The molecule has 1 unspecified atom stereocenters. The molecule has 2 N–H and O–H groups in total. The van der Waals surface area contributed by atoms with Crippen LogP contribution >= 0.6 is 0 Å². The van der Waals surface area contributed by atoms with Gasteiger partial charge in [-0.05, 0) is 62.8 Å². The topological polar surface area (TPSA) is 82.6 Å². The number of amides is 1. The van der Waals surface area contributed by atoms with Gasteiger partial charge in [0.15, 0.2) is 0 Å². The maximum absolute atomic E-state index is 11.6. The summed E-state index contributed by atoms with van der Waals surface area (Å²) in [6.07, 6.45) is 5.24. The van der Waals surface area contributed by atoms with Crippen molar-refractivity contribution >= 4 is 11.6 Å². The summed E-state index contributed by atoms with van der Waals surface area (Å²) in [5.74, 6) is 0.719. The summed E-state index contributed by atoms with van der Waals surface area (Å²) in [5, 5.41) is 9.09. The summed E-state index contributed by atoms with van der Waals surface area (Å²) in [7, 11) is 0. The second kappa shape index (κ2) is 10.6. The number of anilines is 1. The largest absolute Gasteiger partial charge is 0.369 e. The van der Waals surface area contributed by atoms with Crippen molar-refractivity contribution in [1.29, 1.82) is 5.26 Å². The number of hydrogen-bond donors (Lipinski definition) is 1. The molecule has 1 heterocycles. The Hall–Kier alpha value is -2.10. The number of ether oxygens (including phenoxy) is 1. The summed E-state index contributed by atoms with van der Waals surface area (Å²) in [6, 6.07) is 10.1. The van der Waals surface area contributed by atoms with Crippen LogP contribution in [-0.4, -0.2) is 56.2 Å². The molecule has 1 aliphatic heterocycles. The Balaban J connectivity index is 1.38. The van der Waals surface area contributed by atoms with Crippen molar-refractivity contribution in [2.24, 2.45) is 17.6 Å². The molecule has 1 atom stereocenters. The molecule has 1 amide bonds. The number of piperazine rings is 1. The van der Waals surface area contributed by atoms with Crippen molar-refractivity contribution in [3.8, 4) is 6.07 Å². The smallest absolute Gasteiger partial charge is 0.246 e. The fraction of sp³-hybridized carbons (Fsp3) is 0.652. The third kappa shape index (κ3) is 5.94. The zero-order chi connectivity index (χ0) is 20.6. The minimum atomic E-state index is -0.409. The van der Waals surface area contributed by atoms with E-state index in [0.29, 0.717) is 6.61 Å². The maximum atomic E-state index is 11.6. The average Bonchev–Trinajstić information content (AvgIpc) is 2.76. The van der Waals surface area contributed by atoms with Crippen LogP contribution in [0.25, 0.3) is 0 Å². The van der Waals surface area contributed by atoms with E-state index in [-0.39, 0.29) is 11.8 Å². The minimum Gasteiger partial charge on any atom is -0.369 e. The van der Waals surface area contributed by atoms with E-state index in [1.807, 2.05) is 25.1 Å². The van der Waals surface area contributed by atoms with Crippen LogP contribution in [0.15, 0.2) is 24.3 Å². The van der Waals surface area contributed by atoms with Gasteiger partial charge in [0, 0.05) is 38.5 Å². The summed E-state index contributed by atoms with van der Waals surface area (Å²) in [4.78, 5) is 16.6. The van der Waals surface area contributed by atoms with Gasteiger partial charge < -0.3 is 15.4 Å². The van der Waals surface area contributed by atoms with E-state index in [0.717, 1.165) is 62.7 Å². The van der Waals surface area contributed by atoms with Crippen molar-refractivity contribution in [2.45, 2.75) is 45.1 Å². The predicted octanol–water partition coefficient (Wildman–Crippen LogP) is 2.77. The second-order valence-electron chi connectivity index (χ2n) is 8.34. The van der Waals surface area contributed by atoms with Crippen molar-refractivity contribution in [3.63, 3.8) is 0 Å². The summed E-state index contributed by atoms with van der Waals surface area (Å²) < 4.78 is 5.59. The van der Waals surface area contributed by atoms with Crippen LogP contribution in [-0.2, 0) is 9.53 Å². The maximum Gasteiger partial charge on any atom is 0.246 e. The molecule has 29 heavy (non-hydrogen) atoms. The Morgan fingerprint density at radius 3 is 2.59 bits per heavy atom. The van der Waals surface area contributed by atoms with Crippen LogP contribution in [0, 0.1) is 23.2 Å². The number of benzene rings is 1. The second-order valence-corrected chi connectivity index (χ2v) is 8.34. The van der Waals surface area contributed by atoms with Gasteiger partial charge >= 0.3 is 0 Å². The van der Waals surface area contributed by atoms with Gasteiger partial charge in [0.25, 0.3) is 0 Å². The molecule has 1 aromatic rings. The molecule has 2 fully saturated rings. The molecule has 1 aliphatic carbocycles. The van der Waals surface area contributed by atoms with E-state index in [9.17, 15) is 4.79 Å². The Morgan fingerprint density at radius 1 is 1.24 bits per heavy atom. The first kappa shape index (κ1) is 21.6. The van der Waals surface area contributed by atoms with Gasteiger partial charge in [0.05, 0.1) is 11.6 Å². The lowest BCUT2D eigenvalue weighted by atomic mass is 9.78. The third-order valence-corrected chi connectivity index (χ3v) is 6.51. The van der Waals surface area contributed by atoms with E-state index in [2.05, 4.69) is 21.9 Å². The molecule has 6 heteroatoms. The lowest BCUT2D eigenvalue weighted by Gasteiger charge is -2.37. The molecule has 1 saturated heterocycles.